The number of rotatable bonds is 23. The van der Waals surface area contributed by atoms with Crippen molar-refractivity contribution in [3.8, 4) is 0 Å². The van der Waals surface area contributed by atoms with Crippen molar-refractivity contribution in [3.05, 3.63) is 126 Å². The number of carbonyl (C=O) groups is 2. The van der Waals surface area contributed by atoms with Crippen LogP contribution in [0.15, 0.2) is 102 Å². The summed E-state index contributed by atoms with van der Waals surface area (Å²) in [7, 11) is -32.1. The number of hydrogen-bond donors (Lipinski definition) is 3. The molecule has 88 heavy (non-hydrogen) atoms. The standard InChI is InChI=1S/C41H37N9O22S6.10Na/c1-21(38(53)54)14-34-45-36(18-25-17-27(73(55,56)57)8-10-30(25)75(61,62)63)49-40(47-34)43-26-7-6-24(33(19-26)78(70,71)72)5-4-23-3-2-22(15-32(23)77(67,68)69)16-35-46-39(42-13-12-37(51)52)50-41(48-35)44-29-20-28(74(58,59)60)9-11-31(29)76(64,65)66;;;;;;;;;;/h2-11,13,15,17,19-21H,1,12,14,16,18H2,(H,51,52)(H,53,54)(H,55,56,57)(H,58,59,60)(H,61,62,63)(H,64,65,66)(H,67,68,69)(H,70,71,72)(H,43,45,47,49)(H2,42,44,46,48,50);;;;;;;;;;/q-2;10*+1/p-8/b5-4+;;;;;;;;;;. The van der Waals surface area contributed by atoms with E-state index in [9.17, 15) is 97.6 Å². The molecule has 31 nitrogen and oxygen atoms in total. The molecule has 2 aromatic heterocycles. The van der Waals surface area contributed by atoms with Crippen LogP contribution in [0.25, 0.3) is 12.2 Å². The van der Waals surface area contributed by atoms with Gasteiger partial charge in [0.15, 0.2) is 5.95 Å². The third-order valence-corrected chi connectivity index (χ3v) is 15.3. The number of nitrogens with zero attached hydrogens (tertiary/aromatic N) is 6. The smallest absolute Gasteiger partial charge is 0.744 e. The maximum absolute atomic E-state index is 12.6. The first kappa shape index (κ1) is 99.1. The first-order valence-electron chi connectivity index (χ1n) is 20.8. The molecular weight excluding hydrogens is 1390 g/mol. The molecule has 1 unspecified atom stereocenters. The fraction of sp³-hybridized carbons (Fsp3) is 0.122. The van der Waals surface area contributed by atoms with Gasteiger partial charge < -0.3 is 70.0 Å². The fourth-order valence-corrected chi connectivity index (χ4v) is 10.4. The Labute approximate surface area is 726 Å². The Morgan fingerprint density at radius 2 is 0.920 bits per heavy atom. The molecular formula is C41H29N9Na10O22S6. The first-order chi connectivity index (χ1) is 35.9. The van der Waals surface area contributed by atoms with Crippen LogP contribution >= 0.6 is 0 Å². The maximum Gasteiger partial charge on any atom is 1.00 e. The zero-order valence-corrected chi connectivity index (χ0v) is 73.3. The van der Waals surface area contributed by atoms with Crippen LogP contribution in [-0.2, 0) is 89.6 Å². The molecule has 3 N–H and O–H groups in total. The van der Waals surface area contributed by atoms with Crippen molar-refractivity contribution in [2.75, 3.05) is 16.0 Å². The summed E-state index contributed by atoms with van der Waals surface area (Å²) in [5.41, 5.74) is -2.61. The normalized spacial score (nSPS) is 11.5. The van der Waals surface area contributed by atoms with Gasteiger partial charge in [0.2, 0.25) is 11.9 Å². The van der Waals surface area contributed by atoms with Crippen molar-refractivity contribution in [3.63, 3.8) is 0 Å². The van der Waals surface area contributed by atoms with Crippen molar-refractivity contribution in [1.29, 1.82) is 0 Å². The van der Waals surface area contributed by atoms with Crippen molar-refractivity contribution in [1.82, 2.24) is 29.9 Å². The van der Waals surface area contributed by atoms with E-state index in [1.165, 1.54) is 6.07 Å². The van der Waals surface area contributed by atoms with Gasteiger partial charge in [0, 0.05) is 30.5 Å². The molecule has 4 aromatic carbocycles. The zero-order chi connectivity index (χ0) is 57.9. The Kier molecular flexibility index (Phi) is 47.0. The third kappa shape index (κ3) is 30.3. The van der Waals surface area contributed by atoms with Gasteiger partial charge in [-0.15, -0.1) is 12.3 Å². The molecule has 6 rings (SSSR count). The number of hydrogen-bond acceptors (Lipinski definition) is 31. The third-order valence-electron chi connectivity index (χ3n) is 10.1. The number of aliphatic carboxylic acids is 2. The Balaban J connectivity index is -0.00000230. The van der Waals surface area contributed by atoms with Crippen LogP contribution in [0, 0.1) is 19.4 Å². The van der Waals surface area contributed by atoms with E-state index in [4.69, 9.17) is 0 Å². The monoisotopic (exact) mass is 1420 g/mol. The number of nitrogens with one attached hydrogen (secondary N) is 3. The summed E-state index contributed by atoms with van der Waals surface area (Å²) >= 11 is 0. The molecule has 0 spiro atoms. The molecule has 0 bridgehead atoms. The van der Waals surface area contributed by atoms with Crippen LogP contribution in [0.1, 0.15) is 46.1 Å². The predicted molar refractivity (Wildman–Crippen MR) is 249 cm³/mol. The van der Waals surface area contributed by atoms with E-state index >= 15 is 0 Å². The second kappa shape index (κ2) is 41.8. The summed E-state index contributed by atoms with van der Waals surface area (Å²) in [5.74, 6) is -7.76. The Morgan fingerprint density at radius 3 is 1.41 bits per heavy atom. The summed E-state index contributed by atoms with van der Waals surface area (Å²) in [4.78, 5) is 40.6. The minimum absolute atomic E-state index is 0. The van der Waals surface area contributed by atoms with E-state index in [0.717, 1.165) is 49.0 Å². The number of anilines is 5. The van der Waals surface area contributed by atoms with E-state index in [1.807, 2.05) is 0 Å². The molecule has 416 valence electrons. The molecule has 0 aliphatic heterocycles. The van der Waals surface area contributed by atoms with E-state index in [1.54, 1.807) is 0 Å². The maximum atomic E-state index is 12.6. The second-order valence-corrected chi connectivity index (χ2v) is 23.9. The molecule has 0 aliphatic carbocycles. The minimum atomic E-state index is -5.47. The van der Waals surface area contributed by atoms with Crippen molar-refractivity contribution in [2.24, 2.45) is 5.92 Å². The summed E-state index contributed by atoms with van der Waals surface area (Å²) in [6, 6.07) is 9.12. The molecule has 0 radical (unpaired) electrons. The van der Waals surface area contributed by atoms with E-state index in [-0.39, 0.29) is 313 Å². The largest absolute Gasteiger partial charge is 1.00 e. The van der Waals surface area contributed by atoms with Crippen molar-refractivity contribution in [2.45, 2.75) is 55.1 Å². The summed E-state index contributed by atoms with van der Waals surface area (Å²) in [6.07, 6.45) is -0.851. The van der Waals surface area contributed by atoms with Crippen molar-refractivity contribution < 1.29 is 393 Å². The van der Waals surface area contributed by atoms with E-state index in [2.05, 4.69) is 52.8 Å². The van der Waals surface area contributed by atoms with Gasteiger partial charge in [0.25, 0.3) is 0 Å². The number of carbonyl (C=O) groups excluding carboxylic acids is 2. The molecule has 0 saturated heterocycles. The number of benzene rings is 4. The molecule has 47 heteroatoms. The van der Waals surface area contributed by atoms with Crippen LogP contribution < -0.4 is 322 Å². The van der Waals surface area contributed by atoms with Gasteiger partial charge >= 0.3 is 296 Å². The topological polar surface area (TPSA) is 537 Å². The van der Waals surface area contributed by atoms with Crippen LogP contribution in [-0.4, -0.2) is 120 Å². The minimum Gasteiger partial charge on any atom is -0.744 e. The molecule has 0 fully saturated rings. The molecule has 0 amide bonds. The molecule has 6 aromatic rings. The van der Waals surface area contributed by atoms with Gasteiger partial charge in [-0.05, 0) is 83.3 Å². The molecule has 2 heterocycles. The Morgan fingerprint density at radius 1 is 0.477 bits per heavy atom. The average molecular weight is 1420 g/mol. The van der Waals surface area contributed by atoms with E-state index in [0.29, 0.717) is 36.4 Å². The number of aromatic nitrogens is 6. The summed E-state index contributed by atoms with van der Waals surface area (Å²) < 4.78 is 218. The first-order valence-corrected chi connectivity index (χ1v) is 29.2. The number of carboxylic acids is 2. The van der Waals surface area contributed by atoms with Gasteiger partial charge in [-0.25, -0.2) is 62.0 Å². The van der Waals surface area contributed by atoms with Crippen LogP contribution in [0.3, 0.4) is 0 Å². The average Bonchev–Trinajstić information content (AvgIpc) is 3.29. The Hall–Kier alpha value is 2.44. The summed E-state index contributed by atoms with van der Waals surface area (Å²) in [6.45, 7) is 4.26. The predicted octanol–water partition coefficient (Wildman–Crippen LogP) is -32.2. The van der Waals surface area contributed by atoms with Gasteiger partial charge in [0.1, 0.15) is 78.2 Å². The van der Waals surface area contributed by atoms with E-state index < -0.39 is 185 Å². The molecule has 0 saturated carbocycles. The zero-order valence-electron chi connectivity index (χ0n) is 48.4. The summed E-state index contributed by atoms with van der Waals surface area (Å²) in [5, 5.41) is 29.7. The van der Waals surface area contributed by atoms with Gasteiger partial charge in [-0.2, -0.15) is 24.9 Å². The number of carboxylic acid groups (broad SMARTS) is 2. The fourth-order valence-electron chi connectivity index (χ4n) is 6.71. The quantitative estimate of drug-likeness (QED) is 0.0232. The van der Waals surface area contributed by atoms with Crippen molar-refractivity contribution >= 4 is 114 Å². The van der Waals surface area contributed by atoms with Gasteiger partial charge in [-0.3, -0.25) is 0 Å². The molecule has 0 aliphatic rings. The Bertz CT molecular complexity index is 4190. The van der Waals surface area contributed by atoms with Crippen LogP contribution in [0.4, 0.5) is 29.2 Å². The molecule has 1 atom stereocenters. The SMILES string of the molecule is [CH2-]C(Cc1nc(Cc2cc(S(=O)(=O)[O-])ccc2S(=O)(=O)[O-])nc(Nc2ccc(/C=C/c3ccc(Cc4nc(N[CH-]CC(=O)[O-])nc(Nc5cc(S(=O)(=O)[O-])ccc5S(=O)(=O)[O-])n4)cc3S(=O)(=O)[O-])c(S(=O)(=O)[O-])c2)n1)C(=O)[O-].[Na+].[Na+].[Na+].[Na+].[Na+].[Na+].[Na+].[Na+].[Na+].[Na+]. The van der Waals surface area contributed by atoms with Crippen LogP contribution in [0.2, 0.25) is 0 Å². The van der Waals surface area contributed by atoms with Gasteiger partial charge in [0.05, 0.1) is 35.1 Å². The van der Waals surface area contributed by atoms with Crippen LogP contribution in [0.5, 0.6) is 0 Å². The second-order valence-electron chi connectivity index (χ2n) is 15.7. The van der Waals surface area contributed by atoms with Gasteiger partial charge in [-0.1, -0.05) is 30.4 Å².